The average molecular weight is 715 g/mol. The average Bonchev–Trinajstić information content (AvgIpc) is 3.20. The molecule has 1 saturated heterocycles. The first kappa shape index (κ1) is 35.6. The molecule has 2 aromatic heterocycles. The smallest absolute Gasteiger partial charge is 0.243 e. The quantitative estimate of drug-likeness (QED) is 0.136. The zero-order chi connectivity index (χ0) is 35.9. The maximum atomic E-state index is 13.3. The SMILES string of the molecule is CN(CCc1ccccn1)C[C@H]1OC(c2ccc(CNS(=O)(=O)c3cccc4cccnc34)cc2)O[C@@H](c2ccc(CO)cc2)[C@@H]1c1ccccc1. The van der Waals surface area contributed by atoms with Gasteiger partial charge in [0, 0.05) is 61.0 Å². The number of sulfonamides is 1. The molecule has 0 amide bonds. The second-order valence-corrected chi connectivity index (χ2v) is 14.9. The van der Waals surface area contributed by atoms with Gasteiger partial charge in [0.15, 0.2) is 6.29 Å². The molecule has 4 aromatic carbocycles. The fourth-order valence-corrected chi connectivity index (χ4v) is 7.95. The number of fused-ring (bicyclic) bond motifs is 1. The molecule has 0 aliphatic carbocycles. The topological polar surface area (TPSA) is 114 Å². The molecule has 1 fully saturated rings. The summed E-state index contributed by atoms with van der Waals surface area (Å²) in [6.07, 6.45) is 2.97. The first-order valence-electron chi connectivity index (χ1n) is 17.4. The first-order chi connectivity index (χ1) is 25.4. The van der Waals surface area contributed by atoms with E-state index in [4.69, 9.17) is 9.47 Å². The fraction of sp³-hybridized carbons (Fsp3) is 0.238. The van der Waals surface area contributed by atoms with Crippen LogP contribution in [0.4, 0.5) is 0 Å². The summed E-state index contributed by atoms with van der Waals surface area (Å²) >= 11 is 0. The monoisotopic (exact) mass is 714 g/mol. The van der Waals surface area contributed by atoms with E-state index < -0.39 is 16.3 Å². The minimum absolute atomic E-state index is 0.0370. The molecule has 3 heterocycles. The Morgan fingerprint density at radius 1 is 0.731 bits per heavy atom. The molecular formula is C42H42N4O5S. The summed E-state index contributed by atoms with van der Waals surface area (Å²) in [7, 11) is -1.71. The van der Waals surface area contributed by atoms with Gasteiger partial charge in [-0.2, -0.15) is 0 Å². The van der Waals surface area contributed by atoms with Crippen molar-refractivity contribution in [2.24, 2.45) is 0 Å². The molecule has 0 radical (unpaired) electrons. The van der Waals surface area contributed by atoms with Crippen LogP contribution in [0.15, 0.2) is 145 Å². The molecule has 0 bridgehead atoms. The Balaban J connectivity index is 1.14. The van der Waals surface area contributed by atoms with E-state index in [0.717, 1.165) is 51.9 Å². The lowest BCUT2D eigenvalue weighted by molar-refractivity contribution is -0.263. The maximum Gasteiger partial charge on any atom is 0.243 e. The lowest BCUT2D eigenvalue weighted by atomic mass is 9.83. The standard InChI is InChI=1S/C42H42N4O5S/c1-46(26-23-36-13-5-6-24-43-36)28-37-39(32-9-3-2-4-10-32)41(34-19-17-31(29-47)18-20-34)51-42(50-37)35-21-15-30(16-22-35)27-45-52(48,49)38-14-7-11-33-12-8-25-44-40(33)38/h2-22,24-25,37,39,41-42,45,47H,23,26-29H2,1H3/t37-,39-,41+,42?/m1/s1. The van der Waals surface area contributed by atoms with Gasteiger partial charge in [0.25, 0.3) is 0 Å². The van der Waals surface area contributed by atoms with Gasteiger partial charge in [-0.15, -0.1) is 0 Å². The summed E-state index contributed by atoms with van der Waals surface area (Å²) in [5.74, 6) is -0.119. The Labute approximate surface area is 305 Å². The van der Waals surface area contributed by atoms with Crippen LogP contribution in [0, 0.1) is 0 Å². The summed E-state index contributed by atoms with van der Waals surface area (Å²) in [6, 6.07) is 40.7. The third-order valence-electron chi connectivity index (χ3n) is 9.54. The lowest BCUT2D eigenvalue weighted by Gasteiger charge is -2.44. The molecule has 4 atom stereocenters. The molecule has 52 heavy (non-hydrogen) atoms. The third kappa shape index (κ3) is 8.29. The largest absolute Gasteiger partial charge is 0.392 e. The van der Waals surface area contributed by atoms with Crippen LogP contribution < -0.4 is 4.72 Å². The third-order valence-corrected chi connectivity index (χ3v) is 11.0. The van der Waals surface area contributed by atoms with Crippen molar-refractivity contribution in [1.82, 2.24) is 19.6 Å². The highest BCUT2D eigenvalue weighted by Crippen LogP contribution is 2.47. The van der Waals surface area contributed by atoms with E-state index in [1.54, 1.807) is 24.4 Å². The minimum atomic E-state index is -3.82. The Bertz CT molecular complexity index is 2160. The molecule has 1 unspecified atom stereocenters. The number of hydrogen-bond acceptors (Lipinski definition) is 8. The highest BCUT2D eigenvalue weighted by Gasteiger charge is 2.42. The van der Waals surface area contributed by atoms with Crippen molar-refractivity contribution < 1.29 is 23.0 Å². The number of pyridine rings is 2. The van der Waals surface area contributed by atoms with Gasteiger partial charge in [-0.3, -0.25) is 9.97 Å². The molecule has 0 saturated carbocycles. The van der Waals surface area contributed by atoms with Gasteiger partial charge >= 0.3 is 0 Å². The molecule has 1 aliphatic rings. The highest BCUT2D eigenvalue weighted by molar-refractivity contribution is 7.89. The van der Waals surface area contributed by atoms with Crippen molar-refractivity contribution in [3.05, 3.63) is 173 Å². The van der Waals surface area contributed by atoms with Gasteiger partial charge in [0.1, 0.15) is 4.90 Å². The number of nitrogens with zero attached hydrogens (tertiary/aromatic N) is 3. The highest BCUT2D eigenvalue weighted by atomic mass is 32.2. The number of aliphatic hydroxyl groups excluding tert-OH is 1. The molecule has 0 spiro atoms. The molecule has 2 N–H and O–H groups in total. The normalized spacial score (nSPS) is 19.2. The van der Waals surface area contributed by atoms with Crippen LogP contribution in [-0.2, 0) is 39.1 Å². The lowest BCUT2D eigenvalue weighted by Crippen LogP contribution is -2.43. The van der Waals surface area contributed by atoms with E-state index >= 15 is 0 Å². The van der Waals surface area contributed by atoms with Crippen LogP contribution in [-0.4, -0.2) is 54.6 Å². The number of rotatable bonds is 13. The van der Waals surface area contributed by atoms with Crippen LogP contribution in [0.5, 0.6) is 0 Å². The van der Waals surface area contributed by atoms with Crippen molar-refractivity contribution >= 4 is 20.9 Å². The number of hydrogen-bond donors (Lipinski definition) is 2. The van der Waals surface area contributed by atoms with Crippen molar-refractivity contribution in [1.29, 1.82) is 0 Å². The van der Waals surface area contributed by atoms with Crippen molar-refractivity contribution in [3.8, 4) is 0 Å². The van der Waals surface area contributed by atoms with Crippen LogP contribution >= 0.6 is 0 Å². The predicted octanol–water partition coefficient (Wildman–Crippen LogP) is 6.71. The van der Waals surface area contributed by atoms with E-state index in [2.05, 4.69) is 38.8 Å². The summed E-state index contributed by atoms with van der Waals surface area (Å²) < 4.78 is 43.1. The number of aliphatic hydroxyl groups is 1. The Kier molecular flexibility index (Phi) is 11.1. The van der Waals surface area contributed by atoms with Crippen LogP contribution in [0.3, 0.4) is 0 Å². The number of benzene rings is 4. The first-order valence-corrected chi connectivity index (χ1v) is 18.9. The van der Waals surface area contributed by atoms with E-state index in [1.165, 1.54) is 0 Å². The second-order valence-electron chi connectivity index (χ2n) is 13.1. The number of para-hydroxylation sites is 1. The zero-order valence-corrected chi connectivity index (χ0v) is 29.8. The Morgan fingerprint density at radius 3 is 2.19 bits per heavy atom. The van der Waals surface area contributed by atoms with E-state index in [0.29, 0.717) is 12.1 Å². The van der Waals surface area contributed by atoms with Crippen molar-refractivity contribution in [2.75, 3.05) is 20.1 Å². The Morgan fingerprint density at radius 2 is 1.44 bits per heavy atom. The van der Waals surface area contributed by atoms with Gasteiger partial charge in [-0.1, -0.05) is 103 Å². The summed E-state index contributed by atoms with van der Waals surface area (Å²) in [5.41, 5.74) is 6.04. The molecule has 7 rings (SSSR count). The summed E-state index contributed by atoms with van der Waals surface area (Å²) in [5, 5.41) is 10.5. The molecule has 10 heteroatoms. The molecular weight excluding hydrogens is 673 g/mol. The number of ether oxygens (including phenoxy) is 2. The zero-order valence-electron chi connectivity index (χ0n) is 29.0. The van der Waals surface area contributed by atoms with Crippen molar-refractivity contribution in [3.63, 3.8) is 0 Å². The van der Waals surface area contributed by atoms with Crippen LogP contribution in [0.25, 0.3) is 10.9 Å². The second kappa shape index (κ2) is 16.2. The number of nitrogens with one attached hydrogen (secondary N) is 1. The number of likely N-dealkylation sites (N-methyl/N-ethyl adjacent to an activating group) is 1. The summed E-state index contributed by atoms with van der Waals surface area (Å²) in [4.78, 5) is 11.2. The molecule has 266 valence electrons. The molecule has 1 aliphatic heterocycles. The summed E-state index contributed by atoms with van der Waals surface area (Å²) in [6.45, 7) is 1.53. The van der Waals surface area contributed by atoms with E-state index in [1.807, 2.05) is 103 Å². The van der Waals surface area contributed by atoms with Gasteiger partial charge in [-0.05, 0) is 53.6 Å². The van der Waals surface area contributed by atoms with Crippen LogP contribution in [0.1, 0.15) is 51.8 Å². The Hall–Kier alpha value is -4.81. The minimum Gasteiger partial charge on any atom is -0.392 e. The molecule has 6 aromatic rings. The van der Waals surface area contributed by atoms with Gasteiger partial charge < -0.3 is 19.5 Å². The molecule has 9 nitrogen and oxygen atoms in total. The van der Waals surface area contributed by atoms with Gasteiger partial charge in [-0.25, -0.2) is 13.1 Å². The van der Waals surface area contributed by atoms with E-state index in [-0.39, 0.29) is 36.2 Å². The fourth-order valence-electron chi connectivity index (χ4n) is 6.76. The van der Waals surface area contributed by atoms with Gasteiger partial charge in [0.2, 0.25) is 10.0 Å². The van der Waals surface area contributed by atoms with Crippen LogP contribution in [0.2, 0.25) is 0 Å². The van der Waals surface area contributed by atoms with Gasteiger partial charge in [0.05, 0.1) is 24.3 Å². The van der Waals surface area contributed by atoms with E-state index in [9.17, 15) is 13.5 Å². The predicted molar refractivity (Wildman–Crippen MR) is 201 cm³/mol. The number of aromatic nitrogens is 2. The van der Waals surface area contributed by atoms with Crippen molar-refractivity contribution in [2.45, 2.75) is 48.9 Å². The maximum absolute atomic E-state index is 13.3.